The summed E-state index contributed by atoms with van der Waals surface area (Å²) in [6.07, 6.45) is 2.27. The predicted molar refractivity (Wildman–Crippen MR) is 163 cm³/mol. The van der Waals surface area contributed by atoms with Gasteiger partial charge in [0.1, 0.15) is 6.54 Å². The molecule has 5 rings (SSSR count). The van der Waals surface area contributed by atoms with Crippen LogP contribution in [0.2, 0.25) is 0 Å². The zero-order valence-corrected chi connectivity index (χ0v) is 23.4. The van der Waals surface area contributed by atoms with Crippen LogP contribution in [-0.4, -0.2) is 44.7 Å². The quantitative estimate of drug-likeness (QED) is 0.223. The maximum atomic E-state index is 13.8. The van der Waals surface area contributed by atoms with Crippen molar-refractivity contribution in [2.24, 2.45) is 0 Å². The van der Waals surface area contributed by atoms with Crippen LogP contribution in [0.15, 0.2) is 115 Å². The minimum absolute atomic E-state index is 0.0459. The lowest BCUT2D eigenvalue weighted by atomic mass is 10.1. The molecule has 0 saturated carbocycles. The smallest absolute Gasteiger partial charge is 0.254 e. The van der Waals surface area contributed by atoms with Gasteiger partial charge in [0, 0.05) is 54.5 Å². The van der Waals surface area contributed by atoms with E-state index in [1.807, 2.05) is 96.4 Å². The molecule has 2 heterocycles. The van der Waals surface area contributed by atoms with E-state index in [2.05, 4.69) is 9.97 Å². The standard InChI is InChI=1S/C33H31N5O2S/c34-33-36-30(24-41-33)27-14-16-28(17-15-27)32(40)37(20-18-29-13-7-8-19-35-29)23-31(39)38(21-25-9-3-1-4-10-25)22-26-11-5-2-6-12-26/h1-17,19,24H,18,20-23H2,(H2,34,36). The molecule has 2 aromatic heterocycles. The topological polar surface area (TPSA) is 92.4 Å². The van der Waals surface area contributed by atoms with Gasteiger partial charge >= 0.3 is 0 Å². The molecule has 0 fully saturated rings. The number of nitrogens with zero attached hydrogens (tertiary/aromatic N) is 4. The Bertz CT molecular complexity index is 1520. The van der Waals surface area contributed by atoms with Crippen LogP contribution in [0, 0.1) is 0 Å². The molecule has 7 nitrogen and oxygen atoms in total. The Morgan fingerprint density at radius 2 is 1.39 bits per heavy atom. The number of benzene rings is 3. The fourth-order valence-electron chi connectivity index (χ4n) is 4.54. The van der Waals surface area contributed by atoms with Crippen molar-refractivity contribution in [3.05, 3.63) is 137 Å². The molecular formula is C33H31N5O2S. The molecule has 0 bridgehead atoms. The molecule has 5 aromatic rings. The number of aromatic nitrogens is 2. The van der Waals surface area contributed by atoms with Gasteiger partial charge in [-0.1, -0.05) is 78.9 Å². The summed E-state index contributed by atoms with van der Waals surface area (Å²) in [4.78, 5) is 39.8. The second-order valence-corrected chi connectivity index (χ2v) is 10.6. The zero-order valence-electron chi connectivity index (χ0n) is 22.6. The minimum Gasteiger partial charge on any atom is -0.375 e. The van der Waals surface area contributed by atoms with Gasteiger partial charge in [0.2, 0.25) is 5.91 Å². The summed E-state index contributed by atoms with van der Waals surface area (Å²) in [5, 5.41) is 2.38. The molecule has 0 aliphatic heterocycles. The fraction of sp³-hybridized carbons (Fsp3) is 0.152. The van der Waals surface area contributed by atoms with Gasteiger partial charge in [-0.25, -0.2) is 4.98 Å². The molecule has 0 saturated heterocycles. The van der Waals surface area contributed by atoms with E-state index in [9.17, 15) is 9.59 Å². The van der Waals surface area contributed by atoms with Crippen molar-refractivity contribution in [1.29, 1.82) is 0 Å². The number of thiazole rings is 1. The lowest BCUT2D eigenvalue weighted by Gasteiger charge is -2.28. The number of carbonyl (C=O) groups excluding carboxylic acids is 2. The fourth-order valence-corrected chi connectivity index (χ4v) is 5.11. The van der Waals surface area contributed by atoms with Crippen molar-refractivity contribution < 1.29 is 9.59 Å². The van der Waals surface area contributed by atoms with Gasteiger partial charge in [-0.3, -0.25) is 14.6 Å². The number of nitrogens with two attached hydrogens (primary N) is 1. The Labute approximate surface area is 243 Å². The average molecular weight is 562 g/mol. The lowest BCUT2D eigenvalue weighted by Crippen LogP contribution is -2.43. The molecule has 2 N–H and O–H groups in total. The van der Waals surface area contributed by atoms with Crippen LogP contribution in [0.1, 0.15) is 27.2 Å². The molecular weight excluding hydrogens is 530 g/mol. The summed E-state index contributed by atoms with van der Waals surface area (Å²) in [6.45, 7) is 1.21. The molecule has 0 radical (unpaired) electrons. The molecule has 0 atom stereocenters. The lowest BCUT2D eigenvalue weighted by molar-refractivity contribution is -0.133. The number of pyridine rings is 1. The molecule has 0 aliphatic rings. The van der Waals surface area contributed by atoms with E-state index in [1.165, 1.54) is 11.3 Å². The van der Waals surface area contributed by atoms with Crippen LogP contribution in [-0.2, 0) is 24.3 Å². The van der Waals surface area contributed by atoms with E-state index in [1.54, 1.807) is 28.1 Å². The molecule has 0 spiro atoms. The van der Waals surface area contributed by atoms with Gasteiger partial charge in [0.15, 0.2) is 5.13 Å². The first-order chi connectivity index (χ1) is 20.0. The van der Waals surface area contributed by atoms with Gasteiger partial charge in [-0.05, 0) is 35.4 Å². The van der Waals surface area contributed by atoms with Gasteiger partial charge in [0.05, 0.1) is 5.69 Å². The molecule has 206 valence electrons. The van der Waals surface area contributed by atoms with E-state index < -0.39 is 0 Å². The van der Waals surface area contributed by atoms with Crippen LogP contribution in [0.25, 0.3) is 11.3 Å². The first-order valence-corrected chi connectivity index (χ1v) is 14.3. The first kappa shape index (κ1) is 27.7. The summed E-state index contributed by atoms with van der Waals surface area (Å²) in [6, 6.07) is 32.8. The van der Waals surface area contributed by atoms with E-state index in [0.29, 0.717) is 36.8 Å². The van der Waals surface area contributed by atoms with Crippen molar-refractivity contribution in [3.63, 3.8) is 0 Å². The highest BCUT2D eigenvalue weighted by Crippen LogP contribution is 2.24. The second-order valence-electron chi connectivity index (χ2n) is 9.67. The third-order valence-electron chi connectivity index (χ3n) is 6.71. The van der Waals surface area contributed by atoms with Crippen molar-refractivity contribution in [2.75, 3.05) is 18.8 Å². The normalized spacial score (nSPS) is 10.7. The summed E-state index contributed by atoms with van der Waals surface area (Å²) >= 11 is 1.37. The number of anilines is 1. The predicted octanol–water partition coefficient (Wildman–Crippen LogP) is 5.70. The van der Waals surface area contributed by atoms with Crippen molar-refractivity contribution in [3.8, 4) is 11.3 Å². The van der Waals surface area contributed by atoms with Crippen LogP contribution < -0.4 is 5.73 Å². The number of rotatable bonds is 11. The Kier molecular flexibility index (Phi) is 9.13. The van der Waals surface area contributed by atoms with Crippen LogP contribution in [0.5, 0.6) is 0 Å². The molecule has 0 unspecified atom stereocenters. The molecule has 0 aliphatic carbocycles. The number of carbonyl (C=O) groups is 2. The summed E-state index contributed by atoms with van der Waals surface area (Å²) < 4.78 is 0. The summed E-state index contributed by atoms with van der Waals surface area (Å²) in [7, 11) is 0. The maximum absolute atomic E-state index is 13.8. The highest BCUT2D eigenvalue weighted by atomic mass is 32.1. The summed E-state index contributed by atoms with van der Waals surface area (Å²) in [5.74, 6) is -0.334. The first-order valence-electron chi connectivity index (χ1n) is 13.4. The van der Waals surface area contributed by atoms with Gasteiger partial charge in [0.25, 0.3) is 5.91 Å². The Balaban J connectivity index is 1.37. The maximum Gasteiger partial charge on any atom is 0.254 e. The van der Waals surface area contributed by atoms with Crippen LogP contribution in [0.3, 0.4) is 0 Å². The van der Waals surface area contributed by atoms with Crippen molar-refractivity contribution >= 4 is 28.3 Å². The molecule has 41 heavy (non-hydrogen) atoms. The number of amides is 2. The minimum atomic E-state index is -0.210. The third kappa shape index (κ3) is 7.64. The number of nitrogen functional groups attached to an aromatic ring is 1. The van der Waals surface area contributed by atoms with E-state index >= 15 is 0 Å². The van der Waals surface area contributed by atoms with Crippen LogP contribution in [0.4, 0.5) is 5.13 Å². The van der Waals surface area contributed by atoms with Gasteiger partial charge < -0.3 is 15.5 Å². The SMILES string of the molecule is Nc1nc(-c2ccc(C(=O)N(CCc3ccccn3)CC(=O)N(Cc3ccccc3)Cc3ccccc3)cc2)cs1. The average Bonchev–Trinajstić information content (AvgIpc) is 3.46. The van der Waals surface area contributed by atoms with Crippen molar-refractivity contribution in [2.45, 2.75) is 19.5 Å². The van der Waals surface area contributed by atoms with Gasteiger partial charge in [-0.15, -0.1) is 11.3 Å². The monoisotopic (exact) mass is 561 g/mol. The Morgan fingerprint density at radius 3 is 1.95 bits per heavy atom. The molecule has 2 amide bonds. The van der Waals surface area contributed by atoms with E-state index in [0.717, 1.165) is 28.1 Å². The third-order valence-corrected chi connectivity index (χ3v) is 7.39. The van der Waals surface area contributed by atoms with Crippen molar-refractivity contribution in [1.82, 2.24) is 19.8 Å². The van der Waals surface area contributed by atoms with E-state index in [-0.39, 0.29) is 18.4 Å². The Hall–Kier alpha value is -4.82. The van der Waals surface area contributed by atoms with Crippen LogP contribution >= 0.6 is 11.3 Å². The highest BCUT2D eigenvalue weighted by molar-refractivity contribution is 7.13. The Morgan fingerprint density at radius 1 is 0.756 bits per heavy atom. The summed E-state index contributed by atoms with van der Waals surface area (Å²) in [5.41, 5.74) is 10.9. The molecule has 8 heteroatoms. The van der Waals surface area contributed by atoms with E-state index in [4.69, 9.17) is 5.73 Å². The zero-order chi connectivity index (χ0) is 28.4. The highest BCUT2D eigenvalue weighted by Gasteiger charge is 2.23. The second kappa shape index (κ2) is 13.5. The van der Waals surface area contributed by atoms with Gasteiger partial charge in [-0.2, -0.15) is 0 Å². The number of hydrogen-bond acceptors (Lipinski definition) is 6. The molecule has 3 aromatic carbocycles. The largest absolute Gasteiger partial charge is 0.375 e. The number of hydrogen-bond donors (Lipinski definition) is 1.